The van der Waals surface area contributed by atoms with Gasteiger partial charge in [-0.15, -0.1) is 0 Å². The smallest absolute Gasteiger partial charge is 0.237 e. The molecule has 0 spiro atoms. The Hall–Kier alpha value is -3.09. The SMILES string of the molecule is COc1ccc2c(c1)-c1[nH]ncc1Cc1c(C3=NCCO3)ncn1-2. The highest BCUT2D eigenvalue weighted by Gasteiger charge is 2.27. The molecule has 0 fully saturated rings. The molecule has 120 valence electrons. The number of imidazole rings is 1. The van der Waals surface area contributed by atoms with Crippen LogP contribution >= 0.6 is 0 Å². The Labute approximate surface area is 138 Å². The Morgan fingerprint density at radius 1 is 1.33 bits per heavy atom. The normalized spacial score (nSPS) is 15.0. The van der Waals surface area contributed by atoms with Gasteiger partial charge in [0.05, 0.1) is 36.9 Å². The molecule has 0 saturated carbocycles. The zero-order valence-corrected chi connectivity index (χ0v) is 13.1. The summed E-state index contributed by atoms with van der Waals surface area (Å²) < 4.78 is 13.1. The van der Waals surface area contributed by atoms with E-state index in [0.717, 1.165) is 39.6 Å². The van der Waals surface area contributed by atoms with Crippen LogP contribution in [0.1, 0.15) is 17.0 Å². The molecule has 4 heterocycles. The fraction of sp³-hybridized carbons (Fsp3) is 0.235. The number of aliphatic imine (C=N–C) groups is 1. The van der Waals surface area contributed by atoms with Gasteiger partial charge in [-0.25, -0.2) is 9.98 Å². The first-order chi connectivity index (χ1) is 11.8. The molecule has 0 atom stereocenters. The van der Waals surface area contributed by atoms with E-state index in [1.807, 2.05) is 30.7 Å². The van der Waals surface area contributed by atoms with Gasteiger partial charge in [-0.2, -0.15) is 5.10 Å². The third kappa shape index (κ3) is 1.81. The van der Waals surface area contributed by atoms with Crippen molar-refractivity contribution in [3.05, 3.63) is 47.7 Å². The molecule has 0 radical (unpaired) electrons. The predicted octanol–water partition coefficient (Wildman–Crippen LogP) is 1.95. The molecule has 0 unspecified atom stereocenters. The fourth-order valence-corrected chi connectivity index (χ4v) is 3.32. The highest BCUT2D eigenvalue weighted by atomic mass is 16.5. The molecule has 24 heavy (non-hydrogen) atoms. The van der Waals surface area contributed by atoms with Crippen molar-refractivity contribution >= 4 is 5.90 Å². The molecule has 7 nitrogen and oxygen atoms in total. The van der Waals surface area contributed by atoms with E-state index in [1.165, 1.54) is 0 Å². The van der Waals surface area contributed by atoms with Crippen molar-refractivity contribution < 1.29 is 9.47 Å². The fourth-order valence-electron chi connectivity index (χ4n) is 3.32. The maximum atomic E-state index is 5.63. The predicted molar refractivity (Wildman–Crippen MR) is 87.9 cm³/mol. The van der Waals surface area contributed by atoms with Gasteiger partial charge in [0.1, 0.15) is 24.4 Å². The van der Waals surface area contributed by atoms with Crippen LogP contribution in [-0.4, -0.2) is 45.9 Å². The number of rotatable bonds is 2. The van der Waals surface area contributed by atoms with Gasteiger partial charge in [0, 0.05) is 17.5 Å². The number of nitrogens with one attached hydrogen (secondary N) is 1. The number of ether oxygens (including phenoxy) is 2. The van der Waals surface area contributed by atoms with Crippen LogP contribution in [0, 0.1) is 0 Å². The topological polar surface area (TPSA) is 77.3 Å². The number of hydrogen-bond acceptors (Lipinski definition) is 5. The third-order valence-electron chi connectivity index (χ3n) is 4.46. The van der Waals surface area contributed by atoms with Gasteiger partial charge in [-0.1, -0.05) is 0 Å². The highest BCUT2D eigenvalue weighted by Crippen LogP contribution is 2.37. The van der Waals surface area contributed by atoms with Crippen molar-refractivity contribution in [2.45, 2.75) is 6.42 Å². The Morgan fingerprint density at radius 3 is 3.12 bits per heavy atom. The minimum Gasteiger partial charge on any atom is -0.497 e. The van der Waals surface area contributed by atoms with Gasteiger partial charge in [0.15, 0.2) is 0 Å². The van der Waals surface area contributed by atoms with E-state index in [2.05, 4.69) is 24.7 Å². The molecule has 0 aliphatic carbocycles. The number of aromatic nitrogens is 4. The molecule has 0 bridgehead atoms. The highest BCUT2D eigenvalue weighted by molar-refractivity contribution is 5.95. The average Bonchev–Trinajstić information content (AvgIpc) is 3.34. The number of H-pyrrole nitrogens is 1. The molecule has 2 aromatic heterocycles. The van der Waals surface area contributed by atoms with Crippen molar-refractivity contribution in [1.82, 2.24) is 19.7 Å². The summed E-state index contributed by atoms with van der Waals surface area (Å²) in [5.74, 6) is 1.44. The number of methoxy groups -OCH3 is 1. The summed E-state index contributed by atoms with van der Waals surface area (Å²) in [6, 6.07) is 6.01. The second kappa shape index (κ2) is 4.95. The summed E-state index contributed by atoms with van der Waals surface area (Å²) in [5.41, 5.74) is 6.06. The van der Waals surface area contributed by atoms with Crippen LogP contribution < -0.4 is 4.74 Å². The van der Waals surface area contributed by atoms with Crippen LogP contribution in [0.5, 0.6) is 5.75 Å². The van der Waals surface area contributed by atoms with Gasteiger partial charge in [-0.3, -0.25) is 5.10 Å². The van der Waals surface area contributed by atoms with Crippen molar-refractivity contribution in [2.24, 2.45) is 4.99 Å². The molecule has 5 rings (SSSR count). The maximum Gasteiger partial charge on any atom is 0.237 e. The molecular formula is C17H15N5O2. The van der Waals surface area contributed by atoms with Crippen molar-refractivity contribution in [3.8, 4) is 22.7 Å². The lowest BCUT2D eigenvalue weighted by atomic mass is 10.0. The molecular weight excluding hydrogens is 306 g/mol. The van der Waals surface area contributed by atoms with Crippen LogP contribution in [0.25, 0.3) is 16.9 Å². The number of benzene rings is 1. The van der Waals surface area contributed by atoms with E-state index in [9.17, 15) is 0 Å². The Balaban J connectivity index is 1.78. The lowest BCUT2D eigenvalue weighted by Gasteiger charge is -2.11. The standard InChI is InChI=1S/C17H15N5O2/c1-23-11-2-3-13-12(7-11)15-10(8-20-21-15)6-14-16(19-9-22(13)14)17-18-4-5-24-17/h2-3,7-9H,4-6H2,1H3,(H,20,21). The van der Waals surface area contributed by atoms with E-state index in [0.29, 0.717) is 25.5 Å². The average molecular weight is 321 g/mol. The summed E-state index contributed by atoms with van der Waals surface area (Å²) in [6.45, 7) is 1.30. The summed E-state index contributed by atoms with van der Waals surface area (Å²) in [7, 11) is 1.67. The molecule has 2 aliphatic heterocycles. The van der Waals surface area contributed by atoms with Crippen LogP contribution in [0.2, 0.25) is 0 Å². The largest absolute Gasteiger partial charge is 0.497 e. The Bertz CT molecular complexity index is 969. The van der Waals surface area contributed by atoms with Gasteiger partial charge in [-0.05, 0) is 18.2 Å². The lowest BCUT2D eigenvalue weighted by Crippen LogP contribution is -2.08. The van der Waals surface area contributed by atoms with Gasteiger partial charge < -0.3 is 14.0 Å². The molecule has 0 amide bonds. The zero-order chi connectivity index (χ0) is 16.1. The molecule has 7 heteroatoms. The third-order valence-corrected chi connectivity index (χ3v) is 4.46. The summed E-state index contributed by atoms with van der Waals surface area (Å²) in [5, 5.41) is 7.35. The monoisotopic (exact) mass is 321 g/mol. The van der Waals surface area contributed by atoms with Gasteiger partial charge >= 0.3 is 0 Å². The van der Waals surface area contributed by atoms with E-state index >= 15 is 0 Å². The Morgan fingerprint density at radius 2 is 2.29 bits per heavy atom. The minimum absolute atomic E-state index is 0.617. The zero-order valence-electron chi connectivity index (χ0n) is 13.1. The van der Waals surface area contributed by atoms with Crippen LogP contribution in [-0.2, 0) is 11.2 Å². The maximum absolute atomic E-state index is 5.63. The van der Waals surface area contributed by atoms with E-state index in [4.69, 9.17) is 9.47 Å². The molecule has 1 aromatic carbocycles. The van der Waals surface area contributed by atoms with Crippen LogP contribution in [0.3, 0.4) is 0 Å². The number of fused-ring (bicyclic) bond motifs is 5. The first-order valence-corrected chi connectivity index (χ1v) is 7.80. The molecule has 1 N–H and O–H groups in total. The Kier molecular flexibility index (Phi) is 2.76. The summed E-state index contributed by atoms with van der Waals surface area (Å²) in [4.78, 5) is 8.98. The molecule has 0 saturated heterocycles. The van der Waals surface area contributed by atoms with E-state index < -0.39 is 0 Å². The second-order valence-corrected chi connectivity index (χ2v) is 5.78. The molecule has 2 aliphatic rings. The van der Waals surface area contributed by atoms with Gasteiger partial charge in [0.2, 0.25) is 5.90 Å². The second-order valence-electron chi connectivity index (χ2n) is 5.78. The van der Waals surface area contributed by atoms with E-state index in [-0.39, 0.29) is 0 Å². The minimum atomic E-state index is 0.617. The van der Waals surface area contributed by atoms with E-state index in [1.54, 1.807) is 7.11 Å². The molecule has 3 aromatic rings. The van der Waals surface area contributed by atoms with Crippen molar-refractivity contribution in [1.29, 1.82) is 0 Å². The lowest BCUT2D eigenvalue weighted by molar-refractivity contribution is 0.347. The van der Waals surface area contributed by atoms with Crippen LogP contribution in [0.4, 0.5) is 0 Å². The van der Waals surface area contributed by atoms with Crippen LogP contribution in [0.15, 0.2) is 35.7 Å². The first kappa shape index (κ1) is 13.4. The number of aromatic amines is 1. The number of hydrogen-bond donors (Lipinski definition) is 1. The summed E-state index contributed by atoms with van der Waals surface area (Å²) in [6.07, 6.45) is 4.41. The summed E-state index contributed by atoms with van der Waals surface area (Å²) >= 11 is 0. The van der Waals surface area contributed by atoms with Crippen molar-refractivity contribution in [3.63, 3.8) is 0 Å². The first-order valence-electron chi connectivity index (χ1n) is 7.80. The quantitative estimate of drug-likeness (QED) is 0.612. The number of nitrogens with zero attached hydrogens (tertiary/aromatic N) is 4. The van der Waals surface area contributed by atoms with Gasteiger partial charge in [0.25, 0.3) is 0 Å². The van der Waals surface area contributed by atoms with Crippen molar-refractivity contribution in [2.75, 3.05) is 20.3 Å².